The molecule has 0 saturated carbocycles. The van der Waals surface area contributed by atoms with E-state index in [0.29, 0.717) is 32.4 Å². The number of carbonyl (C=O) groups is 4. The maximum Gasteiger partial charge on any atom is 0.315 e. The Kier molecular flexibility index (Phi) is 9.98. The van der Waals surface area contributed by atoms with Crippen LogP contribution in [0.15, 0.2) is 91.0 Å². The first-order chi connectivity index (χ1) is 21.7. The van der Waals surface area contributed by atoms with Crippen molar-refractivity contribution in [3.05, 3.63) is 108 Å². The zero-order valence-corrected chi connectivity index (χ0v) is 26.6. The second kappa shape index (κ2) is 13.9. The fourth-order valence-electron chi connectivity index (χ4n) is 7.94. The summed E-state index contributed by atoms with van der Waals surface area (Å²) < 4.78 is 0.00809. The van der Waals surface area contributed by atoms with E-state index in [0.717, 1.165) is 36.0 Å². The van der Waals surface area contributed by atoms with Gasteiger partial charge in [0.05, 0.1) is 13.0 Å². The average Bonchev–Trinajstić information content (AvgIpc) is 3.63. The zero-order valence-electron chi connectivity index (χ0n) is 26.6. The van der Waals surface area contributed by atoms with Crippen molar-refractivity contribution in [1.82, 2.24) is 4.90 Å². The highest BCUT2D eigenvalue weighted by Gasteiger charge is 2.56. The van der Waals surface area contributed by atoms with Crippen molar-refractivity contribution in [3.63, 3.8) is 0 Å². The van der Waals surface area contributed by atoms with Crippen LogP contribution in [0.2, 0.25) is 0 Å². The summed E-state index contributed by atoms with van der Waals surface area (Å²) in [6, 6.07) is 29.2. The lowest BCUT2D eigenvalue weighted by atomic mass is 9.68. The molecule has 2 N–H and O–H groups in total. The van der Waals surface area contributed by atoms with Crippen LogP contribution < -0.4 is 5.73 Å². The third kappa shape index (κ3) is 6.36. The molecule has 2 unspecified atom stereocenters. The van der Waals surface area contributed by atoms with Gasteiger partial charge in [-0.3, -0.25) is 19.3 Å². The number of benzene rings is 3. The zero-order chi connectivity index (χ0) is 32.0. The van der Waals surface area contributed by atoms with E-state index in [4.69, 9.17) is 5.73 Å². The molecule has 2 fully saturated rings. The first kappa shape index (κ1) is 32.3. The van der Waals surface area contributed by atoms with Gasteiger partial charge >= 0.3 is 5.91 Å². The number of likely N-dealkylation sites (tertiary alicyclic amines) is 2. The summed E-state index contributed by atoms with van der Waals surface area (Å²) in [6.07, 6.45) is 4.26. The molecule has 2 aliphatic heterocycles. The number of nitrogens with two attached hydrogens (primary N) is 1. The summed E-state index contributed by atoms with van der Waals surface area (Å²) in [5.41, 5.74) is 8.70. The smallest absolute Gasteiger partial charge is 0.315 e. The molecule has 3 atom stereocenters. The van der Waals surface area contributed by atoms with Gasteiger partial charge in [0.2, 0.25) is 11.8 Å². The second-order valence-corrected chi connectivity index (χ2v) is 13.1. The number of imide groups is 1. The topological polar surface area (TPSA) is 97.5 Å². The molecule has 0 radical (unpaired) electrons. The van der Waals surface area contributed by atoms with Crippen LogP contribution in [0.4, 0.5) is 0 Å². The summed E-state index contributed by atoms with van der Waals surface area (Å²) in [6.45, 7) is 5.19. The Hall–Kier alpha value is -4.10. The Balaban J connectivity index is 1.43. The quantitative estimate of drug-likeness (QED) is 0.145. The highest BCUT2D eigenvalue weighted by atomic mass is 16.2. The Labute approximate surface area is 267 Å². The van der Waals surface area contributed by atoms with Gasteiger partial charge in [0.1, 0.15) is 6.04 Å². The molecule has 45 heavy (non-hydrogen) atoms. The maximum absolute atomic E-state index is 14.6. The molecule has 236 valence electrons. The molecule has 0 spiro atoms. The van der Waals surface area contributed by atoms with Crippen LogP contribution >= 0.6 is 0 Å². The lowest BCUT2D eigenvalue weighted by Gasteiger charge is -2.43. The monoisotopic (exact) mass is 608 g/mol. The third-order valence-electron chi connectivity index (χ3n) is 10.4. The molecular weight excluding hydrogens is 562 g/mol. The standard InChI is InChI=1S/C38H45N3O4/c1-28(2)38(31-19-10-5-11-20-31,27-40-33(42)23-24-34(40)43)25-13-12-22-35(44)41(26-14-21-32(41)37(39)45)36(29-15-6-3-7-16-29)30-17-8-4-9-18-30/h3-11,15-20,28,32,36H,12-14,21-27H2,1-2H3,(H-,39,45)/p+1/t32?,38?,41-/m1/s1. The molecule has 3 aromatic rings. The second-order valence-electron chi connectivity index (χ2n) is 13.1. The number of nitrogens with zero attached hydrogens (tertiary/aromatic N) is 2. The van der Waals surface area contributed by atoms with Crippen LogP contribution in [-0.2, 0) is 24.6 Å². The van der Waals surface area contributed by atoms with E-state index < -0.39 is 17.4 Å². The summed E-state index contributed by atoms with van der Waals surface area (Å²) in [4.78, 5) is 54.5. The van der Waals surface area contributed by atoms with E-state index in [1.807, 2.05) is 78.9 Å². The predicted octanol–water partition coefficient (Wildman–Crippen LogP) is 6.07. The Morgan fingerprint density at radius 1 is 0.844 bits per heavy atom. The van der Waals surface area contributed by atoms with E-state index in [1.54, 1.807) is 0 Å². The predicted molar refractivity (Wildman–Crippen MR) is 174 cm³/mol. The van der Waals surface area contributed by atoms with E-state index >= 15 is 0 Å². The fourth-order valence-corrected chi connectivity index (χ4v) is 7.94. The van der Waals surface area contributed by atoms with Crippen molar-refractivity contribution in [2.45, 2.75) is 82.7 Å². The summed E-state index contributed by atoms with van der Waals surface area (Å²) in [5.74, 6) is -0.466. The lowest BCUT2D eigenvalue weighted by molar-refractivity contribution is -0.882. The average molecular weight is 609 g/mol. The van der Waals surface area contributed by atoms with Crippen LogP contribution in [0.1, 0.15) is 87.9 Å². The van der Waals surface area contributed by atoms with Gasteiger partial charge in [-0.05, 0) is 24.3 Å². The molecule has 3 aromatic carbocycles. The molecule has 4 amide bonds. The number of quaternary nitrogens is 1. The molecule has 7 nitrogen and oxygen atoms in total. The molecular formula is C38H46N3O4+. The highest BCUT2D eigenvalue weighted by molar-refractivity contribution is 6.02. The molecule has 2 heterocycles. The van der Waals surface area contributed by atoms with Gasteiger partial charge < -0.3 is 5.73 Å². The van der Waals surface area contributed by atoms with Crippen LogP contribution in [0.25, 0.3) is 0 Å². The normalized spacial score (nSPS) is 21.4. The van der Waals surface area contributed by atoms with Gasteiger partial charge in [-0.2, -0.15) is 0 Å². The fraction of sp³-hybridized carbons (Fsp3) is 0.421. The minimum Gasteiger partial charge on any atom is -0.364 e. The number of hydrogen-bond donors (Lipinski definition) is 1. The summed E-state index contributed by atoms with van der Waals surface area (Å²) >= 11 is 0. The molecule has 0 aromatic heterocycles. The van der Waals surface area contributed by atoms with Crippen molar-refractivity contribution in [1.29, 1.82) is 0 Å². The van der Waals surface area contributed by atoms with Crippen molar-refractivity contribution >= 4 is 23.6 Å². The number of amides is 4. The summed E-state index contributed by atoms with van der Waals surface area (Å²) in [5, 5.41) is 0. The SMILES string of the molecule is CC(C)C(CCCCC(=O)[N@@+]1(C(c2ccccc2)c2ccccc2)CCCC1C(N)=O)(CN1C(=O)CCC1=O)c1ccccc1. The molecule has 2 saturated heterocycles. The molecule has 0 bridgehead atoms. The van der Waals surface area contributed by atoms with E-state index in [2.05, 4.69) is 26.0 Å². The van der Waals surface area contributed by atoms with Crippen molar-refractivity contribution in [2.75, 3.05) is 13.1 Å². The minimum absolute atomic E-state index is 0.00809. The first-order valence-electron chi connectivity index (χ1n) is 16.4. The Morgan fingerprint density at radius 2 is 1.38 bits per heavy atom. The van der Waals surface area contributed by atoms with E-state index in [-0.39, 0.29) is 47.0 Å². The van der Waals surface area contributed by atoms with Gasteiger partial charge in [0.25, 0.3) is 5.91 Å². The van der Waals surface area contributed by atoms with Gasteiger partial charge in [-0.25, -0.2) is 9.28 Å². The molecule has 7 heteroatoms. The van der Waals surface area contributed by atoms with Crippen LogP contribution in [0, 0.1) is 5.92 Å². The molecule has 0 aliphatic carbocycles. The minimum atomic E-state index is -0.603. The van der Waals surface area contributed by atoms with Crippen molar-refractivity contribution < 1.29 is 23.7 Å². The number of primary amides is 1. The van der Waals surface area contributed by atoms with Crippen LogP contribution in [-0.4, -0.2) is 52.1 Å². The van der Waals surface area contributed by atoms with Crippen molar-refractivity contribution in [2.24, 2.45) is 11.7 Å². The number of unbranched alkanes of at least 4 members (excludes halogenated alkanes) is 1. The summed E-state index contributed by atoms with van der Waals surface area (Å²) in [7, 11) is 0. The van der Waals surface area contributed by atoms with Crippen molar-refractivity contribution in [3.8, 4) is 0 Å². The Morgan fingerprint density at radius 3 is 1.89 bits per heavy atom. The molecule has 5 rings (SSSR count). The van der Waals surface area contributed by atoms with Crippen LogP contribution in [0.5, 0.6) is 0 Å². The van der Waals surface area contributed by atoms with Gasteiger partial charge in [0, 0.05) is 48.8 Å². The van der Waals surface area contributed by atoms with E-state index in [1.165, 1.54) is 4.90 Å². The number of hydrogen-bond acceptors (Lipinski definition) is 4. The van der Waals surface area contributed by atoms with Gasteiger partial charge in [-0.1, -0.05) is 111 Å². The van der Waals surface area contributed by atoms with Gasteiger partial charge in [-0.15, -0.1) is 0 Å². The lowest BCUT2D eigenvalue weighted by Crippen LogP contribution is -2.62. The van der Waals surface area contributed by atoms with Crippen LogP contribution in [0.3, 0.4) is 0 Å². The third-order valence-corrected chi connectivity index (χ3v) is 10.4. The van der Waals surface area contributed by atoms with E-state index in [9.17, 15) is 19.2 Å². The largest absolute Gasteiger partial charge is 0.364 e. The first-order valence-corrected chi connectivity index (χ1v) is 16.4. The van der Waals surface area contributed by atoms with Gasteiger partial charge in [0.15, 0.2) is 6.04 Å². The number of carbonyl (C=O) groups excluding carboxylic acids is 4. The number of rotatable bonds is 13. The molecule has 2 aliphatic rings. The highest BCUT2D eigenvalue weighted by Crippen LogP contribution is 2.44. The Bertz CT molecular complexity index is 1440. The maximum atomic E-state index is 14.6.